The Balaban J connectivity index is 1.59. The molecule has 0 saturated carbocycles. The lowest BCUT2D eigenvalue weighted by Crippen LogP contribution is -2.05. The van der Waals surface area contributed by atoms with Gasteiger partial charge in [0.1, 0.15) is 5.82 Å². The lowest BCUT2D eigenvalue weighted by Gasteiger charge is -2.08. The zero-order chi connectivity index (χ0) is 15.2. The third-order valence-electron chi connectivity index (χ3n) is 3.78. The van der Waals surface area contributed by atoms with Crippen LogP contribution in [-0.2, 0) is 19.4 Å². The van der Waals surface area contributed by atoms with Gasteiger partial charge in [0.2, 0.25) is 0 Å². The second-order valence-corrected chi connectivity index (χ2v) is 6.35. The van der Waals surface area contributed by atoms with Crippen molar-refractivity contribution >= 4 is 15.9 Å². The van der Waals surface area contributed by atoms with Crippen LogP contribution in [0.5, 0.6) is 0 Å². The summed E-state index contributed by atoms with van der Waals surface area (Å²) in [5.74, 6) is 1.17. The van der Waals surface area contributed by atoms with Gasteiger partial charge in [-0.15, -0.1) is 0 Å². The first-order valence-corrected chi connectivity index (χ1v) is 8.39. The highest BCUT2D eigenvalue weighted by molar-refractivity contribution is 9.10. The Morgan fingerprint density at radius 1 is 0.864 bits per heavy atom. The minimum Gasteiger partial charge on any atom is -0.331 e. The molecule has 112 valence electrons. The molecule has 2 aromatic carbocycles. The fourth-order valence-corrected chi connectivity index (χ4v) is 2.86. The maximum atomic E-state index is 4.51. The number of benzene rings is 2. The van der Waals surface area contributed by atoms with Crippen LogP contribution in [0.15, 0.2) is 71.5 Å². The molecule has 0 radical (unpaired) electrons. The van der Waals surface area contributed by atoms with Gasteiger partial charge in [-0.05, 0) is 36.1 Å². The minimum atomic E-state index is 0.883. The molecule has 0 fully saturated rings. The number of aromatic nitrogens is 2. The van der Waals surface area contributed by atoms with Gasteiger partial charge < -0.3 is 4.57 Å². The SMILES string of the molecule is Brc1ccc(Cn2ccnc2CCCc2ccccc2)cc1. The third kappa shape index (κ3) is 4.08. The Morgan fingerprint density at radius 2 is 1.64 bits per heavy atom. The van der Waals surface area contributed by atoms with Crippen LogP contribution < -0.4 is 0 Å². The van der Waals surface area contributed by atoms with E-state index in [2.05, 4.69) is 86.3 Å². The Bertz CT molecular complexity index is 702. The minimum absolute atomic E-state index is 0.883. The summed E-state index contributed by atoms with van der Waals surface area (Å²) >= 11 is 3.48. The molecule has 0 aliphatic carbocycles. The van der Waals surface area contributed by atoms with Gasteiger partial charge in [-0.2, -0.15) is 0 Å². The fourth-order valence-electron chi connectivity index (χ4n) is 2.59. The molecular formula is C19H19BrN2. The summed E-state index contributed by atoms with van der Waals surface area (Å²) in [6.07, 6.45) is 7.21. The maximum Gasteiger partial charge on any atom is 0.108 e. The van der Waals surface area contributed by atoms with Gasteiger partial charge in [-0.1, -0.05) is 58.4 Å². The number of nitrogens with zero attached hydrogens (tertiary/aromatic N) is 2. The van der Waals surface area contributed by atoms with Crippen LogP contribution in [0.4, 0.5) is 0 Å². The summed E-state index contributed by atoms with van der Waals surface area (Å²) in [7, 11) is 0. The van der Waals surface area contributed by atoms with Crippen LogP contribution in [0, 0.1) is 0 Å². The van der Waals surface area contributed by atoms with Gasteiger partial charge >= 0.3 is 0 Å². The predicted octanol–water partition coefficient (Wildman–Crippen LogP) is 4.87. The normalized spacial score (nSPS) is 10.8. The average molecular weight is 355 g/mol. The number of imidazole rings is 1. The molecule has 0 N–H and O–H groups in total. The van der Waals surface area contributed by atoms with Crippen LogP contribution in [0.2, 0.25) is 0 Å². The number of aryl methyl sites for hydroxylation is 2. The smallest absolute Gasteiger partial charge is 0.108 e. The highest BCUT2D eigenvalue weighted by atomic mass is 79.9. The highest BCUT2D eigenvalue weighted by Crippen LogP contribution is 2.13. The molecule has 0 bridgehead atoms. The molecule has 0 amide bonds. The van der Waals surface area contributed by atoms with Crippen molar-refractivity contribution in [3.05, 3.63) is 88.4 Å². The summed E-state index contributed by atoms with van der Waals surface area (Å²) in [6, 6.07) is 19.1. The molecule has 3 rings (SSSR count). The van der Waals surface area contributed by atoms with Crippen LogP contribution in [0.25, 0.3) is 0 Å². The average Bonchev–Trinajstić information content (AvgIpc) is 2.98. The largest absolute Gasteiger partial charge is 0.331 e. The zero-order valence-corrected chi connectivity index (χ0v) is 14.0. The van der Waals surface area contributed by atoms with E-state index in [-0.39, 0.29) is 0 Å². The summed E-state index contributed by atoms with van der Waals surface area (Å²) in [6.45, 7) is 0.883. The molecule has 0 aliphatic rings. The monoisotopic (exact) mass is 354 g/mol. The summed E-state index contributed by atoms with van der Waals surface area (Å²) in [5.41, 5.74) is 2.69. The van der Waals surface area contributed by atoms with Crippen LogP contribution in [0.1, 0.15) is 23.4 Å². The van der Waals surface area contributed by atoms with Gasteiger partial charge in [-0.3, -0.25) is 0 Å². The topological polar surface area (TPSA) is 17.8 Å². The van der Waals surface area contributed by atoms with E-state index in [1.807, 2.05) is 6.20 Å². The van der Waals surface area contributed by atoms with E-state index in [4.69, 9.17) is 0 Å². The van der Waals surface area contributed by atoms with Crippen molar-refractivity contribution in [3.8, 4) is 0 Å². The van der Waals surface area contributed by atoms with Gasteiger partial charge in [-0.25, -0.2) is 4.98 Å². The first kappa shape index (κ1) is 15.0. The van der Waals surface area contributed by atoms with Crippen molar-refractivity contribution in [1.82, 2.24) is 9.55 Å². The van der Waals surface area contributed by atoms with E-state index >= 15 is 0 Å². The van der Waals surface area contributed by atoms with E-state index < -0.39 is 0 Å². The lowest BCUT2D eigenvalue weighted by molar-refractivity contribution is 0.685. The Hall–Kier alpha value is -1.87. The van der Waals surface area contributed by atoms with Crippen molar-refractivity contribution in [2.75, 3.05) is 0 Å². The maximum absolute atomic E-state index is 4.51. The van der Waals surface area contributed by atoms with Crippen molar-refractivity contribution in [1.29, 1.82) is 0 Å². The van der Waals surface area contributed by atoms with Gasteiger partial charge in [0.05, 0.1) is 0 Å². The Morgan fingerprint density at radius 3 is 2.41 bits per heavy atom. The van der Waals surface area contributed by atoms with E-state index in [0.29, 0.717) is 0 Å². The summed E-state index contributed by atoms with van der Waals surface area (Å²) < 4.78 is 3.36. The third-order valence-corrected chi connectivity index (χ3v) is 4.31. The van der Waals surface area contributed by atoms with Crippen molar-refractivity contribution in [3.63, 3.8) is 0 Å². The van der Waals surface area contributed by atoms with Crippen molar-refractivity contribution in [2.24, 2.45) is 0 Å². The van der Waals surface area contributed by atoms with E-state index in [0.717, 1.165) is 30.3 Å². The molecule has 0 saturated heterocycles. The highest BCUT2D eigenvalue weighted by Gasteiger charge is 2.04. The van der Waals surface area contributed by atoms with Crippen molar-refractivity contribution in [2.45, 2.75) is 25.8 Å². The fraction of sp³-hybridized carbons (Fsp3) is 0.211. The Kier molecular flexibility index (Phi) is 5.07. The van der Waals surface area contributed by atoms with Crippen molar-refractivity contribution < 1.29 is 0 Å². The second kappa shape index (κ2) is 7.41. The molecule has 1 heterocycles. The van der Waals surface area contributed by atoms with Gasteiger partial charge in [0.15, 0.2) is 0 Å². The molecule has 2 nitrogen and oxygen atoms in total. The van der Waals surface area contributed by atoms with E-state index in [1.165, 1.54) is 17.0 Å². The summed E-state index contributed by atoms with van der Waals surface area (Å²) in [5, 5.41) is 0. The number of halogens is 1. The predicted molar refractivity (Wildman–Crippen MR) is 93.9 cm³/mol. The van der Waals surface area contributed by atoms with Crippen LogP contribution in [0.3, 0.4) is 0 Å². The van der Waals surface area contributed by atoms with E-state index in [1.54, 1.807) is 0 Å². The first-order chi connectivity index (χ1) is 10.8. The molecule has 0 atom stereocenters. The van der Waals surface area contributed by atoms with Crippen LogP contribution in [-0.4, -0.2) is 9.55 Å². The number of hydrogen-bond acceptors (Lipinski definition) is 1. The lowest BCUT2D eigenvalue weighted by atomic mass is 10.1. The summed E-state index contributed by atoms with van der Waals surface area (Å²) in [4.78, 5) is 4.51. The first-order valence-electron chi connectivity index (χ1n) is 7.59. The molecule has 1 aromatic heterocycles. The Labute approximate surface area is 140 Å². The second-order valence-electron chi connectivity index (χ2n) is 5.44. The molecule has 22 heavy (non-hydrogen) atoms. The van der Waals surface area contributed by atoms with E-state index in [9.17, 15) is 0 Å². The zero-order valence-electron chi connectivity index (χ0n) is 12.5. The quantitative estimate of drug-likeness (QED) is 0.617. The van der Waals surface area contributed by atoms with Gasteiger partial charge in [0, 0.05) is 29.8 Å². The van der Waals surface area contributed by atoms with Gasteiger partial charge in [0.25, 0.3) is 0 Å². The molecule has 3 aromatic rings. The number of hydrogen-bond donors (Lipinski definition) is 0. The number of rotatable bonds is 6. The van der Waals surface area contributed by atoms with Crippen LogP contribution >= 0.6 is 15.9 Å². The molecule has 0 aliphatic heterocycles. The molecular weight excluding hydrogens is 336 g/mol. The molecule has 3 heteroatoms. The standard InChI is InChI=1S/C19H19BrN2/c20-18-11-9-17(10-12-18)15-22-14-13-21-19(22)8-4-7-16-5-2-1-3-6-16/h1-3,5-6,9-14H,4,7-8,15H2. The molecule has 0 unspecified atom stereocenters. The molecule has 0 spiro atoms.